The van der Waals surface area contributed by atoms with Gasteiger partial charge in [-0.25, -0.2) is 4.39 Å². The highest BCUT2D eigenvalue weighted by Gasteiger charge is 2.23. The van der Waals surface area contributed by atoms with Crippen LogP contribution in [0.1, 0.15) is 25.0 Å². The molecule has 0 amide bonds. The number of hydrogen-bond donors (Lipinski definition) is 1. The lowest BCUT2D eigenvalue weighted by atomic mass is 9.94. The van der Waals surface area contributed by atoms with Crippen LogP contribution >= 0.6 is 0 Å². The number of benzene rings is 1. The molecule has 3 heteroatoms. The number of nitrogens with one attached hydrogen (secondary N) is 1. The molecule has 1 aliphatic rings. The molecule has 2 rings (SSSR count). The van der Waals surface area contributed by atoms with E-state index in [2.05, 4.69) is 10.2 Å². The van der Waals surface area contributed by atoms with Crippen molar-refractivity contribution >= 4 is 0 Å². The quantitative estimate of drug-likeness (QED) is 0.866. The number of alkyl halides is 1. The van der Waals surface area contributed by atoms with E-state index in [0.717, 1.165) is 43.9 Å². The van der Waals surface area contributed by atoms with E-state index in [1.807, 2.05) is 24.3 Å². The summed E-state index contributed by atoms with van der Waals surface area (Å²) in [6.45, 7) is 8.25. The molecule has 2 nitrogen and oxygen atoms in total. The Morgan fingerprint density at radius 2 is 1.88 bits per heavy atom. The Labute approximate surface area is 103 Å². The lowest BCUT2D eigenvalue weighted by Gasteiger charge is -2.29. The van der Waals surface area contributed by atoms with E-state index in [0.29, 0.717) is 0 Å². The van der Waals surface area contributed by atoms with Crippen molar-refractivity contribution in [2.45, 2.75) is 26.1 Å². The second-order valence-electron chi connectivity index (χ2n) is 5.16. The third-order valence-corrected chi connectivity index (χ3v) is 3.26. The summed E-state index contributed by atoms with van der Waals surface area (Å²) >= 11 is 0. The largest absolute Gasteiger partial charge is 0.314 e. The van der Waals surface area contributed by atoms with Crippen molar-refractivity contribution in [3.05, 3.63) is 35.4 Å². The molecule has 1 N–H and O–H groups in total. The van der Waals surface area contributed by atoms with Gasteiger partial charge in [0.2, 0.25) is 0 Å². The number of piperazine rings is 1. The predicted octanol–water partition coefficient (Wildman–Crippen LogP) is 2.30. The van der Waals surface area contributed by atoms with E-state index in [-0.39, 0.29) is 0 Å². The number of rotatable bonds is 3. The Morgan fingerprint density at radius 1 is 1.24 bits per heavy atom. The molecule has 17 heavy (non-hydrogen) atoms. The summed E-state index contributed by atoms with van der Waals surface area (Å²) in [5.41, 5.74) is 0.672. The molecule has 1 aromatic rings. The molecule has 1 heterocycles. The van der Waals surface area contributed by atoms with Crippen LogP contribution in [0.4, 0.5) is 4.39 Å². The molecule has 0 radical (unpaired) electrons. The second-order valence-corrected chi connectivity index (χ2v) is 5.16. The molecule has 0 aromatic heterocycles. The minimum absolute atomic E-state index is 0.818. The Balaban J connectivity index is 2.14. The highest BCUT2D eigenvalue weighted by Crippen LogP contribution is 2.28. The molecular formula is C14H21FN2. The van der Waals surface area contributed by atoms with Gasteiger partial charge in [-0.1, -0.05) is 24.3 Å². The Hall–Kier alpha value is -0.930. The van der Waals surface area contributed by atoms with Crippen LogP contribution in [-0.4, -0.2) is 31.1 Å². The molecule has 1 fully saturated rings. The van der Waals surface area contributed by atoms with Crippen molar-refractivity contribution in [2.75, 3.05) is 26.2 Å². The topological polar surface area (TPSA) is 15.3 Å². The van der Waals surface area contributed by atoms with Gasteiger partial charge in [-0.05, 0) is 25.0 Å². The van der Waals surface area contributed by atoms with Crippen LogP contribution in [0.15, 0.2) is 24.3 Å². The van der Waals surface area contributed by atoms with Crippen LogP contribution < -0.4 is 5.32 Å². The summed E-state index contributed by atoms with van der Waals surface area (Å²) in [7, 11) is 0. The predicted molar refractivity (Wildman–Crippen MR) is 68.7 cm³/mol. The van der Waals surface area contributed by atoms with Gasteiger partial charge in [0.25, 0.3) is 0 Å². The van der Waals surface area contributed by atoms with Gasteiger partial charge in [0.15, 0.2) is 0 Å². The van der Waals surface area contributed by atoms with E-state index >= 15 is 0 Å². The Bertz CT molecular complexity index is 365. The third-order valence-electron chi connectivity index (χ3n) is 3.26. The van der Waals surface area contributed by atoms with Gasteiger partial charge in [-0.3, -0.25) is 4.90 Å². The normalized spacial score (nSPS) is 18.3. The minimum Gasteiger partial charge on any atom is -0.314 e. The molecule has 0 saturated carbocycles. The first-order chi connectivity index (χ1) is 8.07. The van der Waals surface area contributed by atoms with Crippen molar-refractivity contribution in [1.82, 2.24) is 10.2 Å². The van der Waals surface area contributed by atoms with Crippen molar-refractivity contribution in [1.29, 1.82) is 0 Å². The standard InChI is InChI=1S/C14H21FN2/c1-14(2,15)13-6-4-3-5-12(13)11-17-9-7-16-8-10-17/h3-6,16H,7-11H2,1-2H3. The minimum atomic E-state index is -1.26. The monoisotopic (exact) mass is 236 g/mol. The molecule has 0 bridgehead atoms. The molecule has 1 aromatic carbocycles. The maximum absolute atomic E-state index is 14.1. The number of hydrogen-bond acceptors (Lipinski definition) is 2. The molecule has 0 atom stereocenters. The zero-order chi connectivity index (χ0) is 12.3. The molecule has 0 aliphatic carbocycles. The fraction of sp³-hybridized carbons (Fsp3) is 0.571. The smallest absolute Gasteiger partial charge is 0.130 e. The van der Waals surface area contributed by atoms with E-state index in [1.54, 1.807) is 13.8 Å². The molecule has 1 aliphatic heterocycles. The van der Waals surface area contributed by atoms with Crippen molar-refractivity contribution in [3.8, 4) is 0 Å². The van der Waals surface area contributed by atoms with Crippen LogP contribution in [0.5, 0.6) is 0 Å². The van der Waals surface area contributed by atoms with Gasteiger partial charge in [-0.15, -0.1) is 0 Å². The van der Waals surface area contributed by atoms with E-state index < -0.39 is 5.67 Å². The fourth-order valence-electron chi connectivity index (χ4n) is 2.35. The van der Waals surface area contributed by atoms with E-state index in [9.17, 15) is 4.39 Å². The lowest BCUT2D eigenvalue weighted by Crippen LogP contribution is -2.43. The van der Waals surface area contributed by atoms with Crippen LogP contribution in [0.3, 0.4) is 0 Å². The highest BCUT2D eigenvalue weighted by molar-refractivity contribution is 5.31. The van der Waals surface area contributed by atoms with Crippen molar-refractivity contribution in [3.63, 3.8) is 0 Å². The lowest BCUT2D eigenvalue weighted by molar-refractivity contribution is 0.206. The molecule has 0 unspecified atom stereocenters. The zero-order valence-corrected chi connectivity index (χ0v) is 10.7. The first-order valence-electron chi connectivity index (χ1n) is 6.28. The van der Waals surface area contributed by atoms with Gasteiger partial charge in [0, 0.05) is 32.7 Å². The molecular weight excluding hydrogens is 215 g/mol. The number of halogens is 1. The first kappa shape index (κ1) is 12.5. The average Bonchev–Trinajstić information content (AvgIpc) is 2.30. The fourth-order valence-corrected chi connectivity index (χ4v) is 2.35. The van der Waals surface area contributed by atoms with Crippen LogP contribution in [0.25, 0.3) is 0 Å². The highest BCUT2D eigenvalue weighted by atomic mass is 19.1. The Morgan fingerprint density at radius 3 is 2.53 bits per heavy atom. The van der Waals surface area contributed by atoms with Gasteiger partial charge in [-0.2, -0.15) is 0 Å². The summed E-state index contributed by atoms with van der Waals surface area (Å²) in [5.74, 6) is 0. The van der Waals surface area contributed by atoms with E-state index in [4.69, 9.17) is 0 Å². The molecule has 0 spiro atoms. The van der Waals surface area contributed by atoms with Gasteiger partial charge in [0.05, 0.1) is 0 Å². The maximum atomic E-state index is 14.1. The van der Waals surface area contributed by atoms with Gasteiger partial charge >= 0.3 is 0 Å². The summed E-state index contributed by atoms with van der Waals surface area (Å²) in [6, 6.07) is 7.85. The maximum Gasteiger partial charge on any atom is 0.130 e. The van der Waals surface area contributed by atoms with E-state index in [1.165, 1.54) is 0 Å². The summed E-state index contributed by atoms with van der Waals surface area (Å²) < 4.78 is 14.1. The summed E-state index contributed by atoms with van der Waals surface area (Å²) in [4.78, 5) is 2.38. The van der Waals surface area contributed by atoms with Gasteiger partial charge in [0.1, 0.15) is 5.67 Å². The number of nitrogens with zero attached hydrogens (tertiary/aromatic N) is 1. The molecule has 94 valence electrons. The SMILES string of the molecule is CC(C)(F)c1ccccc1CN1CCNCC1. The summed E-state index contributed by atoms with van der Waals surface area (Å²) in [6.07, 6.45) is 0. The Kier molecular flexibility index (Phi) is 3.79. The van der Waals surface area contributed by atoms with Crippen LogP contribution in [0, 0.1) is 0 Å². The van der Waals surface area contributed by atoms with Gasteiger partial charge < -0.3 is 5.32 Å². The van der Waals surface area contributed by atoms with Crippen molar-refractivity contribution in [2.24, 2.45) is 0 Å². The summed E-state index contributed by atoms with van der Waals surface area (Å²) in [5, 5.41) is 3.33. The average molecular weight is 236 g/mol. The van der Waals surface area contributed by atoms with Crippen LogP contribution in [-0.2, 0) is 12.2 Å². The van der Waals surface area contributed by atoms with Crippen molar-refractivity contribution < 1.29 is 4.39 Å². The third kappa shape index (κ3) is 3.27. The molecule has 1 saturated heterocycles. The first-order valence-corrected chi connectivity index (χ1v) is 6.28. The second kappa shape index (κ2) is 5.15. The van der Waals surface area contributed by atoms with Crippen LogP contribution in [0.2, 0.25) is 0 Å². The zero-order valence-electron chi connectivity index (χ0n) is 10.7.